The second kappa shape index (κ2) is 8.41. The lowest BCUT2D eigenvalue weighted by molar-refractivity contribution is -0.115. The Bertz CT molecular complexity index is 1150. The summed E-state index contributed by atoms with van der Waals surface area (Å²) in [6.45, 7) is 2.19. The molecular weight excluding hydrogens is 431 g/mol. The van der Waals surface area contributed by atoms with Gasteiger partial charge in [-0.15, -0.1) is 11.3 Å². The summed E-state index contributed by atoms with van der Waals surface area (Å²) in [6, 6.07) is 11.0. The number of rotatable bonds is 6. The quantitative estimate of drug-likeness (QED) is 0.427. The Kier molecular flexibility index (Phi) is 5.71. The second-order valence-electron chi connectivity index (χ2n) is 6.31. The van der Waals surface area contributed by atoms with Gasteiger partial charge in [-0.05, 0) is 30.0 Å². The fraction of sp³-hybridized carbons (Fsp3) is 0.150. The highest BCUT2D eigenvalue weighted by molar-refractivity contribution is 7.13. The number of thiophene rings is 1. The van der Waals surface area contributed by atoms with E-state index in [4.69, 9.17) is 27.6 Å². The first-order valence-electron chi connectivity index (χ1n) is 8.76. The summed E-state index contributed by atoms with van der Waals surface area (Å²) in [5.74, 6) is 1.51. The van der Waals surface area contributed by atoms with Gasteiger partial charge >= 0.3 is 0 Å². The summed E-state index contributed by atoms with van der Waals surface area (Å²) >= 11 is 13.9. The average Bonchev–Trinajstić information content (AvgIpc) is 3.42. The van der Waals surface area contributed by atoms with Crippen LogP contribution in [0.15, 0.2) is 52.4 Å². The van der Waals surface area contributed by atoms with Crippen molar-refractivity contribution in [1.82, 2.24) is 14.8 Å². The maximum absolute atomic E-state index is 12.6. The number of anilines is 1. The van der Waals surface area contributed by atoms with Gasteiger partial charge in [0.25, 0.3) is 0 Å². The molecule has 148 valence electrons. The zero-order valence-corrected chi connectivity index (χ0v) is 17.7. The Labute approximate surface area is 181 Å². The smallest absolute Gasteiger partial charge is 0.236 e. The van der Waals surface area contributed by atoms with E-state index in [0.29, 0.717) is 39.8 Å². The molecule has 3 aromatic heterocycles. The number of amides is 1. The molecule has 1 aromatic carbocycles. The van der Waals surface area contributed by atoms with Crippen molar-refractivity contribution in [2.75, 3.05) is 5.32 Å². The van der Waals surface area contributed by atoms with Crippen LogP contribution in [0.2, 0.25) is 10.0 Å². The van der Waals surface area contributed by atoms with Crippen molar-refractivity contribution >= 4 is 46.3 Å². The molecule has 3 heterocycles. The van der Waals surface area contributed by atoms with E-state index in [0.717, 1.165) is 10.4 Å². The molecule has 29 heavy (non-hydrogen) atoms. The van der Waals surface area contributed by atoms with Crippen molar-refractivity contribution in [3.63, 3.8) is 0 Å². The first kappa shape index (κ1) is 19.7. The van der Waals surface area contributed by atoms with Crippen LogP contribution in [0.3, 0.4) is 0 Å². The Balaban J connectivity index is 1.46. The van der Waals surface area contributed by atoms with Gasteiger partial charge in [0.05, 0.1) is 39.8 Å². The van der Waals surface area contributed by atoms with Crippen molar-refractivity contribution < 1.29 is 9.21 Å². The molecule has 0 fully saturated rings. The molecule has 0 unspecified atom stereocenters. The largest absolute Gasteiger partial charge is 0.440 e. The van der Waals surface area contributed by atoms with Crippen molar-refractivity contribution in [3.05, 3.63) is 75.0 Å². The Hall–Kier alpha value is -2.61. The first-order valence-corrected chi connectivity index (χ1v) is 10.4. The number of oxazole rings is 1. The molecule has 0 radical (unpaired) electrons. The minimum absolute atomic E-state index is 0.101. The number of hydrogen-bond donors (Lipinski definition) is 1. The summed E-state index contributed by atoms with van der Waals surface area (Å²) in [7, 11) is 0. The number of nitrogens with one attached hydrogen (secondary N) is 1. The van der Waals surface area contributed by atoms with Crippen molar-refractivity contribution in [2.45, 2.75) is 19.9 Å². The van der Waals surface area contributed by atoms with Crippen LogP contribution in [-0.4, -0.2) is 20.7 Å². The van der Waals surface area contributed by atoms with Crippen LogP contribution >= 0.6 is 34.5 Å². The molecule has 0 atom stereocenters. The van der Waals surface area contributed by atoms with Crippen molar-refractivity contribution in [1.29, 1.82) is 0 Å². The van der Waals surface area contributed by atoms with Gasteiger partial charge in [-0.3, -0.25) is 4.79 Å². The average molecular weight is 447 g/mol. The molecule has 4 rings (SSSR count). The lowest BCUT2D eigenvalue weighted by Gasteiger charge is -2.10. The summed E-state index contributed by atoms with van der Waals surface area (Å²) in [6.07, 6.45) is 1.72. The van der Waals surface area contributed by atoms with E-state index in [9.17, 15) is 4.79 Å². The third-order valence-electron chi connectivity index (χ3n) is 4.29. The number of aryl methyl sites for hydroxylation is 1. The van der Waals surface area contributed by atoms with Crippen LogP contribution < -0.4 is 5.32 Å². The minimum Gasteiger partial charge on any atom is -0.440 e. The highest BCUT2D eigenvalue weighted by Crippen LogP contribution is 2.27. The van der Waals surface area contributed by atoms with Gasteiger partial charge in [-0.25, -0.2) is 9.67 Å². The number of hydrogen-bond acceptors (Lipinski definition) is 5. The van der Waals surface area contributed by atoms with E-state index in [1.807, 2.05) is 29.6 Å². The number of carbonyl (C=O) groups is 1. The lowest BCUT2D eigenvalue weighted by atomic mass is 10.2. The van der Waals surface area contributed by atoms with E-state index in [-0.39, 0.29) is 12.3 Å². The molecule has 0 bridgehead atoms. The second-order valence-corrected chi connectivity index (χ2v) is 8.04. The van der Waals surface area contributed by atoms with Gasteiger partial charge in [0, 0.05) is 6.07 Å². The van der Waals surface area contributed by atoms with Crippen LogP contribution in [0.1, 0.15) is 17.0 Å². The van der Waals surface area contributed by atoms with E-state index in [1.165, 1.54) is 11.3 Å². The number of carbonyl (C=O) groups excluding carboxylic acids is 1. The van der Waals surface area contributed by atoms with Gasteiger partial charge in [0.15, 0.2) is 0 Å². The van der Waals surface area contributed by atoms with Crippen LogP contribution in [0.5, 0.6) is 0 Å². The van der Waals surface area contributed by atoms with Gasteiger partial charge in [-0.1, -0.05) is 41.4 Å². The third kappa shape index (κ3) is 4.37. The van der Waals surface area contributed by atoms with Gasteiger partial charge in [0.1, 0.15) is 11.6 Å². The number of halogens is 2. The number of nitrogens with zero attached hydrogens (tertiary/aromatic N) is 3. The Morgan fingerprint density at radius 3 is 2.90 bits per heavy atom. The summed E-state index contributed by atoms with van der Waals surface area (Å²) in [5.41, 5.74) is 1.42. The summed E-state index contributed by atoms with van der Waals surface area (Å²) in [4.78, 5) is 18.0. The monoisotopic (exact) mass is 446 g/mol. The highest BCUT2D eigenvalue weighted by Gasteiger charge is 2.17. The molecular formula is C20H16Cl2N4O2S. The van der Waals surface area contributed by atoms with Gasteiger partial charge < -0.3 is 9.73 Å². The highest BCUT2D eigenvalue weighted by atomic mass is 35.5. The van der Waals surface area contributed by atoms with Crippen LogP contribution in [0.4, 0.5) is 5.82 Å². The fourth-order valence-corrected chi connectivity index (χ4v) is 3.86. The molecule has 6 nitrogen and oxygen atoms in total. The van der Waals surface area contributed by atoms with E-state index in [2.05, 4.69) is 15.4 Å². The fourth-order valence-electron chi connectivity index (χ4n) is 2.83. The number of benzene rings is 1. The molecule has 0 aliphatic rings. The molecule has 0 aliphatic carbocycles. The van der Waals surface area contributed by atoms with E-state index < -0.39 is 0 Å². The summed E-state index contributed by atoms with van der Waals surface area (Å²) in [5, 5.41) is 10.0. The zero-order valence-electron chi connectivity index (χ0n) is 15.4. The normalized spacial score (nSPS) is 11.0. The molecule has 0 aliphatic heterocycles. The first-order chi connectivity index (χ1) is 14.0. The SMILES string of the molecule is Cc1oc(-c2cccs2)nc1CC(=O)Nc1ccnn1Cc1cccc(Cl)c1Cl. The van der Waals surface area contributed by atoms with E-state index in [1.54, 1.807) is 29.9 Å². The maximum atomic E-state index is 12.6. The van der Waals surface area contributed by atoms with Crippen molar-refractivity contribution in [2.24, 2.45) is 0 Å². The van der Waals surface area contributed by atoms with Gasteiger partial charge in [-0.2, -0.15) is 5.10 Å². The minimum atomic E-state index is -0.210. The number of aromatic nitrogens is 3. The molecule has 0 spiro atoms. The van der Waals surface area contributed by atoms with Crippen LogP contribution in [0.25, 0.3) is 10.8 Å². The molecule has 4 aromatic rings. The Morgan fingerprint density at radius 1 is 1.24 bits per heavy atom. The molecule has 9 heteroatoms. The molecule has 1 N–H and O–H groups in total. The predicted octanol–water partition coefficient (Wildman–Crippen LogP) is 5.44. The lowest BCUT2D eigenvalue weighted by Crippen LogP contribution is -2.18. The molecule has 0 saturated carbocycles. The topological polar surface area (TPSA) is 73.0 Å². The molecule has 0 saturated heterocycles. The van der Waals surface area contributed by atoms with E-state index >= 15 is 0 Å². The Morgan fingerprint density at radius 2 is 2.10 bits per heavy atom. The van der Waals surface area contributed by atoms with Crippen LogP contribution in [-0.2, 0) is 17.8 Å². The predicted molar refractivity (Wildman–Crippen MR) is 115 cm³/mol. The standard InChI is InChI=1S/C20H16Cl2N4O2S/c1-12-15(24-20(28-12)16-6-3-9-29-16)10-18(27)25-17-7-8-23-26(17)11-13-4-2-5-14(21)19(13)22/h2-9H,10-11H2,1H3,(H,25,27). The zero-order chi connectivity index (χ0) is 20.4. The maximum Gasteiger partial charge on any atom is 0.236 e. The van der Waals surface area contributed by atoms with Gasteiger partial charge in [0.2, 0.25) is 11.8 Å². The van der Waals surface area contributed by atoms with Crippen molar-refractivity contribution in [3.8, 4) is 10.8 Å². The van der Waals surface area contributed by atoms with Crippen LogP contribution in [0, 0.1) is 6.92 Å². The summed E-state index contributed by atoms with van der Waals surface area (Å²) < 4.78 is 7.35. The molecule has 1 amide bonds. The third-order valence-corrected chi connectivity index (χ3v) is 6.00.